The number of rotatable bonds is 3. The van der Waals surface area contributed by atoms with E-state index >= 15 is 0 Å². The van der Waals surface area contributed by atoms with Crippen molar-refractivity contribution in [2.24, 2.45) is 0 Å². The SMILES string of the molecule is COC(=O)[C@@H]1Cc2c([nH]c3ccccc23)[C@@H](c2ccc(SC)cc2)N1. The molecule has 2 atom stereocenters. The van der Waals surface area contributed by atoms with E-state index in [9.17, 15) is 4.79 Å². The first-order valence-corrected chi connectivity index (χ1v) is 9.51. The van der Waals surface area contributed by atoms with Gasteiger partial charge in [-0.05, 0) is 35.6 Å². The Morgan fingerprint density at radius 1 is 1.16 bits per heavy atom. The largest absolute Gasteiger partial charge is 0.468 e. The molecule has 0 bridgehead atoms. The highest BCUT2D eigenvalue weighted by atomic mass is 32.2. The van der Waals surface area contributed by atoms with Crippen molar-refractivity contribution in [3.05, 3.63) is 65.4 Å². The molecule has 1 aromatic heterocycles. The number of ether oxygens (including phenoxy) is 1. The number of aromatic amines is 1. The first-order chi connectivity index (χ1) is 12.2. The van der Waals surface area contributed by atoms with E-state index in [4.69, 9.17) is 4.74 Å². The van der Waals surface area contributed by atoms with Crippen LogP contribution in [0.25, 0.3) is 10.9 Å². The van der Waals surface area contributed by atoms with Crippen LogP contribution in [0.1, 0.15) is 22.9 Å². The lowest BCUT2D eigenvalue weighted by Gasteiger charge is -2.30. The Kier molecular flexibility index (Phi) is 4.27. The van der Waals surface area contributed by atoms with Crippen LogP contribution in [-0.4, -0.2) is 30.4 Å². The number of aromatic nitrogens is 1. The third-order valence-corrected chi connectivity index (χ3v) is 5.59. The van der Waals surface area contributed by atoms with Crippen molar-refractivity contribution in [2.45, 2.75) is 23.4 Å². The van der Waals surface area contributed by atoms with Crippen LogP contribution in [0.2, 0.25) is 0 Å². The maximum atomic E-state index is 12.2. The first-order valence-electron chi connectivity index (χ1n) is 8.28. The van der Waals surface area contributed by atoms with E-state index in [-0.39, 0.29) is 18.1 Å². The minimum absolute atomic E-state index is 0.0591. The lowest BCUT2D eigenvalue weighted by Crippen LogP contribution is -2.45. The second kappa shape index (κ2) is 6.58. The van der Waals surface area contributed by atoms with Gasteiger partial charge in [-0.25, -0.2) is 0 Å². The number of esters is 1. The summed E-state index contributed by atoms with van der Waals surface area (Å²) in [5.41, 5.74) is 4.58. The number of hydrogen-bond donors (Lipinski definition) is 2. The third-order valence-electron chi connectivity index (χ3n) is 4.85. The van der Waals surface area contributed by atoms with Crippen molar-refractivity contribution < 1.29 is 9.53 Å². The zero-order valence-electron chi connectivity index (χ0n) is 14.2. The Hall–Kier alpha value is -2.24. The van der Waals surface area contributed by atoms with Crippen LogP contribution >= 0.6 is 11.8 Å². The number of benzene rings is 2. The zero-order valence-corrected chi connectivity index (χ0v) is 15.0. The fourth-order valence-corrected chi connectivity index (χ4v) is 4.00. The number of carbonyl (C=O) groups excluding carboxylic acids is 1. The smallest absolute Gasteiger partial charge is 0.323 e. The summed E-state index contributed by atoms with van der Waals surface area (Å²) in [6, 6.07) is 16.3. The topological polar surface area (TPSA) is 54.1 Å². The van der Waals surface area contributed by atoms with Gasteiger partial charge in [-0.15, -0.1) is 11.8 Å². The Bertz CT molecular complexity index is 917. The van der Waals surface area contributed by atoms with Gasteiger partial charge >= 0.3 is 5.97 Å². The molecule has 4 nitrogen and oxygen atoms in total. The molecule has 0 aliphatic carbocycles. The van der Waals surface area contributed by atoms with Gasteiger partial charge in [0, 0.05) is 27.9 Å². The molecule has 0 radical (unpaired) electrons. The fraction of sp³-hybridized carbons (Fsp3) is 0.250. The quantitative estimate of drug-likeness (QED) is 0.558. The van der Waals surface area contributed by atoms with E-state index in [1.54, 1.807) is 11.8 Å². The van der Waals surface area contributed by atoms with Gasteiger partial charge in [0.25, 0.3) is 0 Å². The van der Waals surface area contributed by atoms with Crippen LogP contribution in [0.4, 0.5) is 0 Å². The summed E-state index contributed by atoms with van der Waals surface area (Å²) < 4.78 is 5.00. The predicted octanol–water partition coefficient (Wildman–Crippen LogP) is 3.67. The highest BCUT2D eigenvalue weighted by Crippen LogP contribution is 2.35. The Labute approximate surface area is 151 Å². The van der Waals surface area contributed by atoms with Crippen LogP contribution < -0.4 is 5.32 Å². The molecule has 128 valence electrons. The Balaban J connectivity index is 1.83. The van der Waals surface area contributed by atoms with Crippen molar-refractivity contribution in [3.63, 3.8) is 0 Å². The van der Waals surface area contributed by atoms with Crippen molar-refractivity contribution in [1.82, 2.24) is 10.3 Å². The number of carbonyl (C=O) groups is 1. The van der Waals surface area contributed by atoms with Crippen molar-refractivity contribution >= 4 is 28.6 Å². The molecule has 0 saturated carbocycles. The number of H-pyrrole nitrogens is 1. The minimum Gasteiger partial charge on any atom is -0.468 e. The van der Waals surface area contributed by atoms with Gasteiger partial charge in [0.2, 0.25) is 0 Å². The molecular weight excluding hydrogens is 332 g/mol. The summed E-state index contributed by atoms with van der Waals surface area (Å²) in [5, 5.41) is 4.64. The molecule has 2 heterocycles. The summed E-state index contributed by atoms with van der Waals surface area (Å²) in [4.78, 5) is 17.0. The molecule has 0 saturated heterocycles. The van der Waals surface area contributed by atoms with E-state index in [1.807, 2.05) is 12.1 Å². The van der Waals surface area contributed by atoms with E-state index in [1.165, 1.54) is 23.0 Å². The van der Waals surface area contributed by atoms with Crippen molar-refractivity contribution in [1.29, 1.82) is 0 Å². The number of nitrogens with one attached hydrogen (secondary N) is 2. The molecule has 4 rings (SSSR count). The summed E-state index contributed by atoms with van der Waals surface area (Å²) in [6.07, 6.45) is 2.70. The minimum atomic E-state index is -0.345. The molecular formula is C20H20N2O2S. The fourth-order valence-electron chi connectivity index (χ4n) is 3.59. The highest BCUT2D eigenvalue weighted by molar-refractivity contribution is 7.98. The molecule has 1 aliphatic heterocycles. The maximum absolute atomic E-state index is 12.2. The van der Waals surface area contributed by atoms with Gasteiger partial charge in [-0.2, -0.15) is 0 Å². The second-order valence-electron chi connectivity index (χ2n) is 6.22. The first kappa shape index (κ1) is 16.2. The molecule has 2 N–H and O–H groups in total. The lowest BCUT2D eigenvalue weighted by atomic mass is 9.90. The normalized spacial score (nSPS) is 19.6. The average Bonchev–Trinajstić information content (AvgIpc) is 3.05. The van der Waals surface area contributed by atoms with Crippen LogP contribution in [0.3, 0.4) is 0 Å². The Morgan fingerprint density at radius 2 is 1.92 bits per heavy atom. The number of thioether (sulfide) groups is 1. The molecule has 5 heteroatoms. The van der Waals surface area contributed by atoms with Crippen LogP contribution in [0.15, 0.2) is 53.4 Å². The third kappa shape index (κ3) is 2.83. The monoisotopic (exact) mass is 352 g/mol. The lowest BCUT2D eigenvalue weighted by molar-refractivity contribution is -0.143. The zero-order chi connectivity index (χ0) is 17.4. The van der Waals surface area contributed by atoms with Gasteiger partial charge in [0.1, 0.15) is 6.04 Å². The van der Waals surface area contributed by atoms with Crippen molar-refractivity contribution in [3.8, 4) is 0 Å². The highest BCUT2D eigenvalue weighted by Gasteiger charge is 2.34. The van der Waals surface area contributed by atoms with Crippen LogP contribution in [-0.2, 0) is 16.0 Å². The summed E-state index contributed by atoms with van der Waals surface area (Å²) >= 11 is 1.72. The van der Waals surface area contributed by atoms with Crippen LogP contribution in [0.5, 0.6) is 0 Å². The number of fused-ring (bicyclic) bond motifs is 3. The van der Waals surface area contributed by atoms with E-state index in [2.05, 4.69) is 53.0 Å². The summed E-state index contributed by atoms with van der Waals surface area (Å²) in [6.45, 7) is 0. The molecule has 0 spiro atoms. The van der Waals surface area contributed by atoms with Crippen LogP contribution in [0, 0.1) is 0 Å². The Morgan fingerprint density at radius 3 is 2.64 bits per heavy atom. The molecule has 0 amide bonds. The number of methoxy groups -OCH3 is 1. The van der Waals surface area contributed by atoms with Gasteiger partial charge in [0.15, 0.2) is 0 Å². The maximum Gasteiger partial charge on any atom is 0.323 e. The number of hydrogen-bond acceptors (Lipinski definition) is 4. The number of para-hydroxylation sites is 1. The standard InChI is InChI=1S/C20H20N2O2S/c1-24-20(23)17-11-15-14-5-3-4-6-16(14)21-19(15)18(22-17)12-7-9-13(25-2)10-8-12/h3-10,17-18,21-22H,11H2,1-2H3/t17-,18+/m0/s1. The predicted molar refractivity (Wildman–Crippen MR) is 101 cm³/mol. The van der Waals surface area contributed by atoms with E-state index in [0.717, 1.165) is 16.8 Å². The average molecular weight is 352 g/mol. The van der Waals surface area contributed by atoms with E-state index < -0.39 is 0 Å². The summed E-state index contributed by atoms with van der Waals surface area (Å²) in [5.74, 6) is -0.221. The van der Waals surface area contributed by atoms with Gasteiger partial charge in [-0.3, -0.25) is 10.1 Å². The molecule has 3 aromatic rings. The summed E-state index contributed by atoms with van der Waals surface area (Å²) in [7, 11) is 1.44. The second-order valence-corrected chi connectivity index (χ2v) is 7.10. The molecule has 0 unspecified atom stereocenters. The molecule has 25 heavy (non-hydrogen) atoms. The van der Waals surface area contributed by atoms with Gasteiger partial charge in [0.05, 0.1) is 13.2 Å². The van der Waals surface area contributed by atoms with Gasteiger partial charge < -0.3 is 9.72 Å². The van der Waals surface area contributed by atoms with Gasteiger partial charge in [-0.1, -0.05) is 30.3 Å². The van der Waals surface area contributed by atoms with Crippen molar-refractivity contribution in [2.75, 3.05) is 13.4 Å². The van der Waals surface area contributed by atoms with E-state index in [0.29, 0.717) is 6.42 Å². The molecule has 2 aromatic carbocycles. The molecule has 0 fully saturated rings. The molecule has 1 aliphatic rings.